The first-order chi connectivity index (χ1) is 28.1. The van der Waals surface area contributed by atoms with Gasteiger partial charge >= 0.3 is 0 Å². The standard InChI is InChI=1S/C52H34N2OS2/c1-3-5-21-47-37(4-2)41-19-10-17-38(50(41)56-47)36-15-9-13-32(28-36)34-23-25-44-45(30-34)53-49-43-29-33(24-26-46(43)55-52(49)54-44)31-12-8-14-35(27-31)39-18-11-20-42-40-16-6-7-22-48(40)57-51(39)42/h3-20,22-30H,2,21H2,1H3/b5-3-. The average molecular weight is 767 g/mol. The van der Waals surface area contributed by atoms with Gasteiger partial charge in [-0.1, -0.05) is 128 Å². The van der Waals surface area contributed by atoms with Crippen LogP contribution in [0.5, 0.6) is 0 Å². The maximum Gasteiger partial charge on any atom is 0.246 e. The molecule has 11 rings (SSSR count). The highest BCUT2D eigenvalue weighted by Gasteiger charge is 2.17. The van der Waals surface area contributed by atoms with Gasteiger partial charge in [-0.05, 0) is 99.5 Å². The molecule has 0 unspecified atom stereocenters. The molecule has 57 heavy (non-hydrogen) atoms. The summed E-state index contributed by atoms with van der Waals surface area (Å²) in [6, 6.07) is 52.3. The van der Waals surface area contributed by atoms with Crippen LogP contribution in [0.25, 0.3) is 114 Å². The molecule has 0 N–H and O–H groups in total. The van der Waals surface area contributed by atoms with Crippen LogP contribution < -0.4 is 0 Å². The number of aromatic nitrogens is 2. The number of furan rings is 1. The van der Waals surface area contributed by atoms with Crippen LogP contribution in [-0.4, -0.2) is 9.97 Å². The molecule has 0 spiro atoms. The summed E-state index contributed by atoms with van der Waals surface area (Å²) in [5, 5.41) is 4.83. The maximum atomic E-state index is 6.29. The van der Waals surface area contributed by atoms with Crippen LogP contribution in [0.4, 0.5) is 0 Å². The van der Waals surface area contributed by atoms with E-state index >= 15 is 0 Å². The zero-order valence-corrected chi connectivity index (χ0v) is 32.8. The number of benzene rings is 7. The van der Waals surface area contributed by atoms with Crippen LogP contribution >= 0.6 is 22.7 Å². The first-order valence-electron chi connectivity index (χ1n) is 19.2. The molecular formula is C52H34N2OS2. The molecule has 0 atom stereocenters. The van der Waals surface area contributed by atoms with Gasteiger partial charge in [0.15, 0.2) is 0 Å². The molecule has 0 aliphatic carbocycles. The third-order valence-electron chi connectivity index (χ3n) is 11.1. The molecular weight excluding hydrogens is 733 g/mol. The molecule has 4 aromatic heterocycles. The maximum absolute atomic E-state index is 6.29. The van der Waals surface area contributed by atoms with E-state index in [9.17, 15) is 0 Å². The predicted molar refractivity (Wildman–Crippen MR) is 245 cm³/mol. The summed E-state index contributed by atoms with van der Waals surface area (Å²) in [6.45, 7) is 6.22. The van der Waals surface area contributed by atoms with Gasteiger partial charge in [-0.3, -0.25) is 0 Å². The minimum absolute atomic E-state index is 0.548. The Labute approximate surface area is 337 Å². The molecule has 0 saturated heterocycles. The van der Waals surface area contributed by atoms with Gasteiger partial charge in [0, 0.05) is 46.9 Å². The van der Waals surface area contributed by atoms with Crippen molar-refractivity contribution in [1.29, 1.82) is 0 Å². The number of allylic oxidation sites excluding steroid dienone is 2. The molecule has 270 valence electrons. The van der Waals surface area contributed by atoms with Crippen molar-refractivity contribution >= 4 is 92.2 Å². The Hall–Kier alpha value is -6.66. The number of hydrogen-bond donors (Lipinski definition) is 0. The molecule has 7 aromatic carbocycles. The van der Waals surface area contributed by atoms with E-state index in [2.05, 4.69) is 165 Å². The van der Waals surface area contributed by atoms with E-state index in [4.69, 9.17) is 14.4 Å². The molecule has 0 fully saturated rings. The predicted octanol–water partition coefficient (Wildman–Crippen LogP) is 15.5. The summed E-state index contributed by atoms with van der Waals surface area (Å²) in [7, 11) is 0. The molecule has 0 saturated carbocycles. The van der Waals surface area contributed by atoms with E-state index in [1.165, 1.54) is 63.0 Å². The smallest absolute Gasteiger partial charge is 0.246 e. The second-order valence-electron chi connectivity index (χ2n) is 14.4. The summed E-state index contributed by atoms with van der Waals surface area (Å²) in [4.78, 5) is 11.5. The number of hydrogen-bond acceptors (Lipinski definition) is 5. The Morgan fingerprint density at radius 2 is 1.21 bits per heavy atom. The fourth-order valence-corrected chi connectivity index (χ4v) is 10.8. The normalized spacial score (nSPS) is 12.0. The molecule has 11 aromatic rings. The summed E-state index contributed by atoms with van der Waals surface area (Å²) >= 11 is 3.73. The van der Waals surface area contributed by atoms with E-state index in [1.54, 1.807) is 0 Å². The molecule has 3 nitrogen and oxygen atoms in total. The minimum atomic E-state index is 0.548. The molecule has 5 heteroatoms. The lowest BCUT2D eigenvalue weighted by Crippen LogP contribution is -1.87. The third-order valence-corrected chi connectivity index (χ3v) is 13.6. The quantitative estimate of drug-likeness (QED) is 0.152. The first kappa shape index (κ1) is 33.7. The second kappa shape index (κ2) is 13.5. The zero-order chi connectivity index (χ0) is 38.0. The van der Waals surface area contributed by atoms with Crippen LogP contribution in [-0.2, 0) is 6.42 Å². The minimum Gasteiger partial charge on any atom is -0.436 e. The van der Waals surface area contributed by atoms with E-state index in [-0.39, 0.29) is 0 Å². The summed E-state index contributed by atoms with van der Waals surface area (Å²) in [5.41, 5.74) is 14.3. The SMILES string of the molecule is C=Cc1c(C/C=C\C)sc2c(-c3cccc(-c4ccc5nc6oc7ccc(-c8cccc(-c9cccc%10c9sc9ccccc9%10)c8)cc7c6nc5c4)c3)cccc12. The summed E-state index contributed by atoms with van der Waals surface area (Å²) < 4.78 is 10.2. The molecule has 0 aliphatic heterocycles. The highest BCUT2D eigenvalue weighted by atomic mass is 32.1. The molecule has 4 heterocycles. The van der Waals surface area contributed by atoms with Crippen LogP contribution in [0.1, 0.15) is 17.4 Å². The van der Waals surface area contributed by atoms with Crippen molar-refractivity contribution in [3.8, 4) is 44.5 Å². The lowest BCUT2D eigenvalue weighted by Gasteiger charge is -2.08. The Balaban J connectivity index is 0.969. The topological polar surface area (TPSA) is 38.9 Å². The van der Waals surface area contributed by atoms with Crippen molar-refractivity contribution in [1.82, 2.24) is 9.97 Å². The lowest BCUT2D eigenvalue weighted by atomic mass is 9.97. The summed E-state index contributed by atoms with van der Waals surface area (Å²) in [5.74, 6) is 0. The van der Waals surface area contributed by atoms with Gasteiger partial charge in [-0.25, -0.2) is 9.97 Å². The molecule has 0 amide bonds. The van der Waals surface area contributed by atoms with Crippen molar-refractivity contribution < 1.29 is 4.42 Å². The van der Waals surface area contributed by atoms with E-state index < -0.39 is 0 Å². The van der Waals surface area contributed by atoms with Crippen molar-refractivity contribution in [2.45, 2.75) is 13.3 Å². The van der Waals surface area contributed by atoms with Crippen molar-refractivity contribution in [2.75, 3.05) is 0 Å². The number of nitrogens with zero attached hydrogens (tertiary/aromatic N) is 2. The highest BCUT2D eigenvalue weighted by molar-refractivity contribution is 7.26. The van der Waals surface area contributed by atoms with E-state index in [0.29, 0.717) is 5.71 Å². The Morgan fingerprint density at radius 3 is 1.98 bits per heavy atom. The van der Waals surface area contributed by atoms with Gasteiger partial charge in [0.05, 0.1) is 11.0 Å². The van der Waals surface area contributed by atoms with Crippen LogP contribution in [0.2, 0.25) is 0 Å². The highest BCUT2D eigenvalue weighted by Crippen LogP contribution is 2.42. The largest absolute Gasteiger partial charge is 0.436 e. The van der Waals surface area contributed by atoms with Gasteiger partial charge in [0.25, 0.3) is 0 Å². The van der Waals surface area contributed by atoms with E-state index in [0.717, 1.165) is 56.2 Å². The number of rotatable bonds is 7. The van der Waals surface area contributed by atoms with Crippen molar-refractivity contribution in [2.24, 2.45) is 0 Å². The van der Waals surface area contributed by atoms with Crippen LogP contribution in [0, 0.1) is 0 Å². The zero-order valence-electron chi connectivity index (χ0n) is 31.1. The van der Waals surface area contributed by atoms with Gasteiger partial charge in [0.1, 0.15) is 11.1 Å². The van der Waals surface area contributed by atoms with Crippen molar-refractivity contribution in [3.05, 3.63) is 175 Å². The Morgan fingerprint density at radius 1 is 0.561 bits per heavy atom. The van der Waals surface area contributed by atoms with Gasteiger partial charge in [0.2, 0.25) is 5.71 Å². The van der Waals surface area contributed by atoms with Crippen molar-refractivity contribution in [3.63, 3.8) is 0 Å². The third kappa shape index (κ3) is 5.61. The van der Waals surface area contributed by atoms with Crippen LogP contribution in [0.3, 0.4) is 0 Å². The van der Waals surface area contributed by atoms with Gasteiger partial charge in [-0.2, -0.15) is 0 Å². The first-order valence-corrected chi connectivity index (χ1v) is 20.8. The fraction of sp³-hybridized carbons (Fsp3) is 0.0385. The molecule has 0 aliphatic rings. The average Bonchev–Trinajstić information content (AvgIpc) is 3.95. The lowest BCUT2D eigenvalue weighted by molar-refractivity contribution is 0.655. The fourth-order valence-electron chi connectivity index (χ4n) is 8.27. The number of fused-ring (bicyclic) bond motifs is 8. The Bertz CT molecular complexity index is 3430. The Kier molecular flexibility index (Phi) is 7.98. The number of thiophene rings is 2. The second-order valence-corrected chi connectivity index (χ2v) is 16.6. The molecule has 0 bridgehead atoms. The summed E-state index contributed by atoms with van der Waals surface area (Å²) in [6.07, 6.45) is 7.24. The van der Waals surface area contributed by atoms with Gasteiger partial charge < -0.3 is 4.42 Å². The monoisotopic (exact) mass is 766 g/mol. The van der Waals surface area contributed by atoms with Gasteiger partial charge in [-0.15, -0.1) is 22.7 Å². The molecule has 0 radical (unpaired) electrons. The van der Waals surface area contributed by atoms with E-state index in [1.807, 2.05) is 34.8 Å². The van der Waals surface area contributed by atoms with Crippen LogP contribution in [0.15, 0.2) is 169 Å².